The highest BCUT2D eigenvalue weighted by molar-refractivity contribution is 7.13. The maximum absolute atomic E-state index is 12.0. The highest BCUT2D eigenvalue weighted by Gasteiger charge is 2.32. The van der Waals surface area contributed by atoms with Crippen LogP contribution in [-0.4, -0.2) is 28.8 Å². The lowest BCUT2D eigenvalue weighted by molar-refractivity contribution is 0.0903. The van der Waals surface area contributed by atoms with E-state index in [0.717, 1.165) is 12.8 Å². The molecule has 1 heterocycles. The third kappa shape index (κ3) is 3.78. The molecular formula is C13H24N3O3P. The highest BCUT2D eigenvalue weighted by Crippen LogP contribution is 2.30. The standard InChI is InChI=1S/C13H24N3O3P/c1-4-13(5-2,9(3)16-20)8-14-12(18)11-6-10(7-17)19-15-11/h6,9,16-17H,4-5,7-8,20H2,1-3H3,(H,14,18). The summed E-state index contributed by atoms with van der Waals surface area (Å²) in [6, 6.07) is 1.71. The molecule has 2 unspecified atom stereocenters. The van der Waals surface area contributed by atoms with Gasteiger partial charge in [-0.15, -0.1) is 0 Å². The minimum atomic E-state index is -0.282. The fraction of sp³-hybridized carbons (Fsp3) is 0.692. The van der Waals surface area contributed by atoms with E-state index in [1.165, 1.54) is 6.07 Å². The Morgan fingerprint density at radius 3 is 2.65 bits per heavy atom. The molecule has 114 valence electrons. The van der Waals surface area contributed by atoms with Crippen LogP contribution in [0.2, 0.25) is 0 Å². The number of nitrogens with zero attached hydrogens (tertiary/aromatic N) is 1. The Balaban J connectivity index is 2.70. The van der Waals surface area contributed by atoms with Crippen LogP contribution in [0.3, 0.4) is 0 Å². The van der Waals surface area contributed by atoms with Gasteiger partial charge in [-0.2, -0.15) is 0 Å². The van der Waals surface area contributed by atoms with Crippen molar-refractivity contribution in [2.24, 2.45) is 5.41 Å². The van der Waals surface area contributed by atoms with Gasteiger partial charge in [-0.1, -0.05) is 28.4 Å². The predicted molar refractivity (Wildman–Crippen MR) is 80.1 cm³/mol. The second-order valence-electron chi connectivity index (χ2n) is 4.98. The van der Waals surface area contributed by atoms with Gasteiger partial charge in [0.05, 0.1) is 0 Å². The lowest BCUT2D eigenvalue weighted by atomic mass is 9.76. The van der Waals surface area contributed by atoms with Crippen molar-refractivity contribution in [1.29, 1.82) is 0 Å². The number of hydrogen-bond acceptors (Lipinski definition) is 5. The minimum absolute atomic E-state index is 0.0129. The van der Waals surface area contributed by atoms with E-state index in [9.17, 15) is 4.79 Å². The average molecular weight is 301 g/mol. The average Bonchev–Trinajstić information content (AvgIpc) is 2.97. The molecule has 7 heteroatoms. The molecule has 0 saturated heterocycles. The van der Waals surface area contributed by atoms with Gasteiger partial charge in [-0.3, -0.25) is 9.88 Å². The number of amides is 1. The smallest absolute Gasteiger partial charge is 0.273 e. The summed E-state index contributed by atoms with van der Waals surface area (Å²) in [5, 5.41) is 18.6. The van der Waals surface area contributed by atoms with Gasteiger partial charge >= 0.3 is 0 Å². The van der Waals surface area contributed by atoms with Gasteiger partial charge in [-0.05, 0) is 19.8 Å². The van der Waals surface area contributed by atoms with Gasteiger partial charge in [0.2, 0.25) is 0 Å². The first kappa shape index (κ1) is 17.1. The largest absolute Gasteiger partial charge is 0.388 e. The molecule has 0 aliphatic heterocycles. The molecule has 1 rings (SSSR count). The molecule has 0 aliphatic rings. The van der Waals surface area contributed by atoms with Crippen LogP contribution in [0, 0.1) is 5.41 Å². The Hall–Kier alpha value is -0.970. The van der Waals surface area contributed by atoms with Gasteiger partial charge in [-0.25, -0.2) is 0 Å². The molecule has 0 radical (unpaired) electrons. The number of hydrogen-bond donors (Lipinski definition) is 3. The van der Waals surface area contributed by atoms with Crippen molar-refractivity contribution in [3.63, 3.8) is 0 Å². The van der Waals surface area contributed by atoms with Crippen LogP contribution in [0.5, 0.6) is 0 Å². The third-order valence-electron chi connectivity index (χ3n) is 4.13. The first-order valence-electron chi connectivity index (χ1n) is 6.83. The van der Waals surface area contributed by atoms with Gasteiger partial charge < -0.3 is 14.9 Å². The summed E-state index contributed by atoms with van der Waals surface area (Å²) < 4.78 is 4.81. The number of nitrogens with one attached hydrogen (secondary N) is 2. The summed E-state index contributed by atoms with van der Waals surface area (Å²) >= 11 is 0. The van der Waals surface area contributed by atoms with Crippen molar-refractivity contribution in [3.05, 3.63) is 17.5 Å². The quantitative estimate of drug-likeness (QED) is 0.633. The van der Waals surface area contributed by atoms with Crippen LogP contribution in [0.25, 0.3) is 0 Å². The van der Waals surface area contributed by atoms with Crippen molar-refractivity contribution >= 4 is 15.3 Å². The fourth-order valence-corrected chi connectivity index (χ4v) is 2.64. The van der Waals surface area contributed by atoms with Crippen molar-refractivity contribution in [2.75, 3.05) is 6.54 Å². The molecule has 0 saturated carbocycles. The predicted octanol–water partition coefficient (Wildman–Crippen LogP) is 1.47. The fourth-order valence-electron chi connectivity index (χ4n) is 2.28. The maximum Gasteiger partial charge on any atom is 0.273 e. The molecule has 0 aliphatic carbocycles. The third-order valence-corrected chi connectivity index (χ3v) is 4.63. The zero-order chi connectivity index (χ0) is 15.2. The Morgan fingerprint density at radius 1 is 1.55 bits per heavy atom. The van der Waals surface area contributed by atoms with Crippen molar-refractivity contribution in [1.82, 2.24) is 15.6 Å². The molecular weight excluding hydrogens is 277 g/mol. The van der Waals surface area contributed by atoms with Crippen LogP contribution in [-0.2, 0) is 6.61 Å². The molecule has 0 bridgehead atoms. The van der Waals surface area contributed by atoms with Crippen LogP contribution in [0.15, 0.2) is 10.6 Å². The van der Waals surface area contributed by atoms with Crippen LogP contribution < -0.4 is 10.4 Å². The van der Waals surface area contributed by atoms with Crippen LogP contribution in [0.1, 0.15) is 49.9 Å². The summed E-state index contributed by atoms with van der Waals surface area (Å²) in [6.07, 6.45) is 1.90. The van der Waals surface area contributed by atoms with Crippen molar-refractivity contribution < 1.29 is 14.4 Å². The monoisotopic (exact) mass is 301 g/mol. The number of aliphatic hydroxyl groups excluding tert-OH is 1. The van der Waals surface area contributed by atoms with Gasteiger partial charge in [0.1, 0.15) is 6.61 Å². The van der Waals surface area contributed by atoms with E-state index in [-0.39, 0.29) is 35.4 Å². The summed E-state index contributed by atoms with van der Waals surface area (Å²) in [5.74, 6) is 0.00284. The minimum Gasteiger partial charge on any atom is -0.388 e. The summed E-state index contributed by atoms with van der Waals surface area (Å²) in [4.78, 5) is 12.0. The van der Waals surface area contributed by atoms with Gasteiger partial charge in [0, 0.05) is 24.1 Å². The SMILES string of the molecule is CCC(CC)(CNC(=O)c1cc(CO)on1)C(C)NP. The first-order chi connectivity index (χ1) is 9.52. The van der Waals surface area contributed by atoms with Crippen LogP contribution >= 0.6 is 9.39 Å². The van der Waals surface area contributed by atoms with E-state index in [2.05, 4.69) is 45.7 Å². The van der Waals surface area contributed by atoms with E-state index >= 15 is 0 Å². The number of aliphatic hydroxyl groups is 1. The summed E-state index contributed by atoms with van der Waals surface area (Å²) in [7, 11) is 2.53. The normalized spacial score (nSPS) is 13.2. The molecule has 1 aromatic heterocycles. The van der Waals surface area contributed by atoms with Gasteiger partial charge in [0.15, 0.2) is 11.5 Å². The molecule has 3 N–H and O–H groups in total. The molecule has 0 spiro atoms. The van der Waals surface area contributed by atoms with E-state index in [4.69, 9.17) is 9.63 Å². The molecule has 2 atom stereocenters. The summed E-state index contributed by atoms with van der Waals surface area (Å²) in [5.41, 5.74) is 0.183. The Labute approximate surface area is 121 Å². The number of carbonyl (C=O) groups excluding carboxylic acids is 1. The first-order valence-corrected chi connectivity index (χ1v) is 7.41. The lowest BCUT2D eigenvalue weighted by Gasteiger charge is -2.37. The zero-order valence-corrected chi connectivity index (χ0v) is 13.4. The molecule has 20 heavy (non-hydrogen) atoms. The molecule has 1 aromatic rings. The maximum atomic E-state index is 12.0. The summed E-state index contributed by atoms with van der Waals surface area (Å²) in [6.45, 7) is 6.64. The van der Waals surface area contributed by atoms with E-state index in [1.54, 1.807) is 0 Å². The van der Waals surface area contributed by atoms with Crippen LogP contribution in [0.4, 0.5) is 0 Å². The lowest BCUT2D eigenvalue weighted by Crippen LogP contribution is -2.47. The Morgan fingerprint density at radius 2 is 2.20 bits per heavy atom. The molecule has 6 nitrogen and oxygen atoms in total. The molecule has 1 amide bonds. The van der Waals surface area contributed by atoms with Gasteiger partial charge in [0.25, 0.3) is 5.91 Å². The van der Waals surface area contributed by atoms with E-state index in [0.29, 0.717) is 6.54 Å². The van der Waals surface area contributed by atoms with E-state index < -0.39 is 0 Å². The topological polar surface area (TPSA) is 87.4 Å². The van der Waals surface area contributed by atoms with Crippen molar-refractivity contribution in [2.45, 2.75) is 46.3 Å². The number of rotatable bonds is 8. The van der Waals surface area contributed by atoms with E-state index in [1.807, 2.05) is 0 Å². The number of carbonyl (C=O) groups is 1. The van der Waals surface area contributed by atoms with Crippen molar-refractivity contribution in [3.8, 4) is 0 Å². The highest BCUT2D eigenvalue weighted by atomic mass is 31.0. The zero-order valence-electron chi connectivity index (χ0n) is 12.3. The Kier molecular flexibility index (Phi) is 6.59. The molecule has 0 aromatic carbocycles. The second-order valence-corrected chi connectivity index (χ2v) is 5.31. The second kappa shape index (κ2) is 7.72. The molecule has 0 fully saturated rings. The number of aromatic nitrogens is 1. The Bertz CT molecular complexity index is 432.